The second kappa shape index (κ2) is 9.79. The largest absolute Gasteiger partial charge is 0.468 e. The Morgan fingerprint density at radius 3 is 2.51 bits per heavy atom. The number of methoxy groups -OCH3 is 1. The number of hydrogen-bond acceptors (Lipinski definition) is 6. The standard InChI is InChI=1S/C31H30N4O2/c1-21-9-6-12-23(17-21)24-13-7-14-25-26-18-27(30(36)37-2)34(19-22-10-4-3-5-11-22)20-28(26)35(29(24)25)31-32-15-8-16-33-31/h3-17,26-28H,18-20H2,1-2H3. The second-order valence-corrected chi connectivity index (χ2v) is 9.90. The Labute approximate surface area is 217 Å². The first kappa shape index (κ1) is 23.4. The Morgan fingerprint density at radius 2 is 1.76 bits per heavy atom. The molecule has 0 radical (unpaired) electrons. The van der Waals surface area contributed by atoms with Crippen LogP contribution in [0.1, 0.15) is 29.0 Å². The molecular weight excluding hydrogens is 460 g/mol. The molecule has 6 nitrogen and oxygen atoms in total. The van der Waals surface area contributed by atoms with Crippen molar-refractivity contribution in [2.75, 3.05) is 18.6 Å². The number of nitrogens with zero attached hydrogens (tertiary/aromatic N) is 4. The van der Waals surface area contributed by atoms with Crippen LogP contribution in [0.15, 0.2) is 91.3 Å². The summed E-state index contributed by atoms with van der Waals surface area (Å²) in [5, 5.41) is 0. The van der Waals surface area contributed by atoms with Crippen LogP contribution >= 0.6 is 0 Å². The molecule has 3 heterocycles. The topological polar surface area (TPSA) is 58.6 Å². The SMILES string of the molecule is COC(=O)C1CC2c3cccc(-c4cccc(C)c4)c3N(c3ncccn3)C2CN1Cc1ccccc1. The van der Waals surface area contributed by atoms with Crippen LogP contribution in [-0.4, -0.2) is 46.6 Å². The van der Waals surface area contributed by atoms with Crippen molar-refractivity contribution in [3.63, 3.8) is 0 Å². The zero-order chi connectivity index (χ0) is 25.4. The van der Waals surface area contributed by atoms with Crippen molar-refractivity contribution in [2.24, 2.45) is 0 Å². The highest BCUT2D eigenvalue weighted by molar-refractivity contribution is 5.87. The van der Waals surface area contributed by atoms with E-state index in [1.54, 1.807) is 12.4 Å². The minimum atomic E-state index is -0.321. The number of fused-ring (bicyclic) bond motifs is 3. The Hall–Kier alpha value is -4.03. The number of anilines is 2. The maximum absolute atomic E-state index is 13.0. The van der Waals surface area contributed by atoms with E-state index in [2.05, 4.69) is 81.3 Å². The third kappa shape index (κ3) is 4.27. The summed E-state index contributed by atoms with van der Waals surface area (Å²) in [6.07, 6.45) is 4.27. The summed E-state index contributed by atoms with van der Waals surface area (Å²) in [5.41, 5.74) is 7.10. The van der Waals surface area contributed by atoms with Gasteiger partial charge in [0.15, 0.2) is 0 Å². The number of carbonyl (C=O) groups is 1. The van der Waals surface area contributed by atoms with Crippen molar-refractivity contribution >= 4 is 17.6 Å². The molecule has 2 aliphatic heterocycles. The molecule has 1 aromatic heterocycles. The van der Waals surface area contributed by atoms with E-state index in [-0.39, 0.29) is 24.0 Å². The fourth-order valence-electron chi connectivity index (χ4n) is 6.02. The highest BCUT2D eigenvalue weighted by Gasteiger charge is 2.49. The molecule has 3 aromatic carbocycles. The second-order valence-electron chi connectivity index (χ2n) is 9.90. The smallest absolute Gasteiger partial charge is 0.323 e. The molecule has 0 bridgehead atoms. The van der Waals surface area contributed by atoms with Crippen molar-refractivity contribution in [3.05, 3.63) is 108 Å². The Balaban J connectivity index is 1.48. The lowest BCUT2D eigenvalue weighted by Crippen LogP contribution is -2.54. The van der Waals surface area contributed by atoms with E-state index in [0.29, 0.717) is 25.5 Å². The van der Waals surface area contributed by atoms with Crippen LogP contribution in [0.2, 0.25) is 0 Å². The van der Waals surface area contributed by atoms with Gasteiger partial charge in [-0.2, -0.15) is 0 Å². The van der Waals surface area contributed by atoms with Crippen LogP contribution in [0.25, 0.3) is 11.1 Å². The van der Waals surface area contributed by atoms with Gasteiger partial charge >= 0.3 is 5.97 Å². The van der Waals surface area contributed by atoms with Gasteiger partial charge in [-0.3, -0.25) is 9.69 Å². The predicted molar refractivity (Wildman–Crippen MR) is 145 cm³/mol. The van der Waals surface area contributed by atoms with Crippen LogP contribution in [-0.2, 0) is 16.1 Å². The van der Waals surface area contributed by atoms with Crippen LogP contribution in [0.3, 0.4) is 0 Å². The maximum Gasteiger partial charge on any atom is 0.323 e. The van der Waals surface area contributed by atoms with Crippen LogP contribution in [0.4, 0.5) is 11.6 Å². The van der Waals surface area contributed by atoms with Crippen LogP contribution in [0.5, 0.6) is 0 Å². The van der Waals surface area contributed by atoms with E-state index in [1.807, 2.05) is 24.3 Å². The number of aryl methyl sites for hydroxylation is 1. The summed E-state index contributed by atoms with van der Waals surface area (Å²) in [6, 6.07) is 27.1. The number of carbonyl (C=O) groups excluding carboxylic acids is 1. The zero-order valence-electron chi connectivity index (χ0n) is 21.1. The Bertz CT molecular complexity index is 1410. The third-order valence-electron chi connectivity index (χ3n) is 7.64. The van der Waals surface area contributed by atoms with E-state index in [0.717, 1.165) is 11.3 Å². The number of benzene rings is 3. The molecule has 1 saturated heterocycles. The lowest BCUT2D eigenvalue weighted by molar-refractivity contribution is -0.149. The van der Waals surface area contributed by atoms with Gasteiger partial charge in [0.25, 0.3) is 0 Å². The molecule has 186 valence electrons. The number of para-hydroxylation sites is 1. The molecule has 3 atom stereocenters. The summed E-state index contributed by atoms with van der Waals surface area (Å²) in [4.78, 5) is 27.0. The molecule has 6 rings (SSSR count). The zero-order valence-corrected chi connectivity index (χ0v) is 21.1. The van der Waals surface area contributed by atoms with E-state index in [1.165, 1.54) is 29.4 Å². The van der Waals surface area contributed by atoms with E-state index < -0.39 is 0 Å². The third-order valence-corrected chi connectivity index (χ3v) is 7.64. The lowest BCUT2D eigenvalue weighted by atomic mass is 9.83. The fourth-order valence-corrected chi connectivity index (χ4v) is 6.02. The number of aromatic nitrogens is 2. The monoisotopic (exact) mass is 490 g/mol. The van der Waals surface area contributed by atoms with Crippen molar-refractivity contribution in [1.82, 2.24) is 14.9 Å². The Morgan fingerprint density at radius 1 is 0.973 bits per heavy atom. The average molecular weight is 491 g/mol. The Kier molecular flexibility index (Phi) is 6.18. The van der Waals surface area contributed by atoms with E-state index in [4.69, 9.17) is 4.74 Å². The molecule has 0 saturated carbocycles. The normalized spacial score (nSPS) is 20.8. The number of esters is 1. The van der Waals surface area contributed by atoms with E-state index >= 15 is 0 Å². The van der Waals surface area contributed by atoms with Gasteiger partial charge in [-0.05, 0) is 36.1 Å². The van der Waals surface area contributed by atoms with Crippen molar-refractivity contribution in [3.8, 4) is 11.1 Å². The first-order valence-corrected chi connectivity index (χ1v) is 12.8. The minimum absolute atomic E-state index is 0.0907. The molecule has 1 fully saturated rings. The molecule has 0 aliphatic carbocycles. The van der Waals surface area contributed by atoms with Crippen molar-refractivity contribution < 1.29 is 9.53 Å². The summed E-state index contributed by atoms with van der Waals surface area (Å²) >= 11 is 0. The quantitative estimate of drug-likeness (QED) is 0.344. The van der Waals surface area contributed by atoms with Gasteiger partial charge in [0.1, 0.15) is 6.04 Å². The number of ether oxygens (including phenoxy) is 1. The molecule has 0 spiro atoms. The van der Waals surface area contributed by atoms with E-state index in [9.17, 15) is 4.79 Å². The first-order chi connectivity index (χ1) is 18.1. The van der Waals surface area contributed by atoms with Gasteiger partial charge in [-0.25, -0.2) is 9.97 Å². The van der Waals surface area contributed by atoms with Crippen LogP contribution in [0, 0.1) is 6.92 Å². The van der Waals surface area contributed by atoms with Gasteiger partial charge in [0.05, 0.1) is 18.8 Å². The first-order valence-electron chi connectivity index (χ1n) is 12.8. The summed E-state index contributed by atoms with van der Waals surface area (Å²) in [7, 11) is 1.48. The van der Waals surface area contributed by atoms with Gasteiger partial charge in [0, 0.05) is 37.0 Å². The van der Waals surface area contributed by atoms with Crippen molar-refractivity contribution in [2.45, 2.75) is 37.9 Å². The van der Waals surface area contributed by atoms with Crippen LogP contribution < -0.4 is 4.90 Å². The molecular formula is C31H30N4O2. The van der Waals surface area contributed by atoms with Gasteiger partial charge in [0.2, 0.25) is 5.95 Å². The average Bonchev–Trinajstić information content (AvgIpc) is 3.26. The summed E-state index contributed by atoms with van der Waals surface area (Å²) in [6.45, 7) is 3.49. The van der Waals surface area contributed by atoms with Crippen molar-refractivity contribution in [1.29, 1.82) is 0 Å². The highest BCUT2D eigenvalue weighted by atomic mass is 16.5. The summed E-state index contributed by atoms with van der Waals surface area (Å²) in [5.74, 6) is 0.660. The summed E-state index contributed by atoms with van der Waals surface area (Å²) < 4.78 is 5.29. The minimum Gasteiger partial charge on any atom is -0.468 e. The lowest BCUT2D eigenvalue weighted by Gasteiger charge is -2.42. The molecule has 2 aliphatic rings. The molecule has 3 unspecified atom stereocenters. The maximum atomic E-state index is 13.0. The van der Waals surface area contributed by atoms with Gasteiger partial charge in [-0.1, -0.05) is 78.4 Å². The molecule has 0 N–H and O–H groups in total. The number of rotatable bonds is 5. The van der Waals surface area contributed by atoms with Gasteiger partial charge < -0.3 is 9.64 Å². The van der Waals surface area contributed by atoms with Gasteiger partial charge in [-0.15, -0.1) is 0 Å². The number of hydrogen-bond donors (Lipinski definition) is 0. The highest BCUT2D eigenvalue weighted by Crippen LogP contribution is 2.52. The molecule has 6 heteroatoms. The molecule has 37 heavy (non-hydrogen) atoms. The number of likely N-dealkylation sites (tertiary alicyclic amines) is 1. The fraction of sp³-hybridized carbons (Fsp3) is 0.258. The number of piperidine rings is 1. The molecule has 4 aromatic rings. The predicted octanol–water partition coefficient (Wildman–Crippen LogP) is 5.50. The molecule has 0 amide bonds.